The molecule has 0 aromatic heterocycles. The Labute approximate surface area is 155 Å². The quantitative estimate of drug-likeness (QED) is 0.833. The molecule has 0 radical (unpaired) electrons. The van der Waals surface area contributed by atoms with Crippen molar-refractivity contribution in [1.29, 1.82) is 0 Å². The third-order valence-electron chi connectivity index (χ3n) is 5.07. The molecule has 26 heavy (non-hydrogen) atoms. The van der Waals surface area contributed by atoms with Crippen LogP contribution in [0.4, 0.5) is 11.4 Å². The van der Waals surface area contributed by atoms with Crippen LogP contribution in [-0.2, 0) is 16.0 Å². The Hall–Kier alpha value is -2.62. The van der Waals surface area contributed by atoms with E-state index in [1.807, 2.05) is 48.5 Å². The minimum atomic E-state index is -1.14. The highest BCUT2D eigenvalue weighted by molar-refractivity contribution is 6.15. The maximum absolute atomic E-state index is 13.1. The number of amides is 2. The van der Waals surface area contributed by atoms with Crippen molar-refractivity contribution in [2.75, 3.05) is 16.8 Å². The van der Waals surface area contributed by atoms with Crippen LogP contribution >= 0.6 is 0 Å². The molecule has 0 atom stereocenters. The third kappa shape index (κ3) is 3.36. The van der Waals surface area contributed by atoms with Crippen LogP contribution in [0.3, 0.4) is 0 Å². The first-order valence-corrected chi connectivity index (χ1v) is 9.12. The fourth-order valence-corrected chi connectivity index (χ4v) is 3.22. The van der Waals surface area contributed by atoms with E-state index in [1.165, 1.54) is 5.56 Å². The van der Waals surface area contributed by atoms with E-state index in [9.17, 15) is 9.59 Å². The number of carbonyl (C=O) groups is 2. The Morgan fingerprint density at radius 3 is 2.35 bits per heavy atom. The number of carbonyl (C=O) groups excluding carboxylic acids is 2. The Morgan fingerprint density at radius 2 is 1.69 bits per heavy atom. The third-order valence-corrected chi connectivity index (χ3v) is 5.07. The van der Waals surface area contributed by atoms with Crippen molar-refractivity contribution in [2.45, 2.75) is 40.0 Å². The summed E-state index contributed by atoms with van der Waals surface area (Å²) in [5.74, 6) is -0.0177. The molecule has 2 amide bonds. The highest BCUT2D eigenvalue weighted by Gasteiger charge is 2.41. The predicted octanol–water partition coefficient (Wildman–Crippen LogP) is 4.36. The number of hydrogen-bond donors (Lipinski definition) is 1. The van der Waals surface area contributed by atoms with Crippen LogP contribution in [0.1, 0.15) is 44.7 Å². The molecule has 4 nitrogen and oxygen atoms in total. The summed E-state index contributed by atoms with van der Waals surface area (Å²) < 4.78 is 0. The van der Waals surface area contributed by atoms with E-state index in [-0.39, 0.29) is 11.8 Å². The van der Waals surface area contributed by atoms with Crippen molar-refractivity contribution in [2.24, 2.45) is 5.41 Å². The fourth-order valence-electron chi connectivity index (χ4n) is 3.22. The van der Waals surface area contributed by atoms with E-state index in [1.54, 1.807) is 18.7 Å². The van der Waals surface area contributed by atoms with E-state index in [2.05, 4.69) is 19.2 Å². The molecule has 1 heterocycles. The molecular formula is C22H26N2O2. The van der Waals surface area contributed by atoms with Crippen LogP contribution in [-0.4, -0.2) is 18.4 Å². The summed E-state index contributed by atoms with van der Waals surface area (Å²) in [7, 11) is 0. The molecule has 3 rings (SSSR count). The first-order valence-electron chi connectivity index (χ1n) is 9.12. The number of rotatable bonds is 4. The molecule has 4 heteroatoms. The summed E-state index contributed by atoms with van der Waals surface area (Å²) in [4.78, 5) is 27.6. The number of para-hydroxylation sites is 1. The average molecular weight is 350 g/mol. The normalized spacial score (nSPS) is 13.7. The molecule has 0 spiro atoms. The van der Waals surface area contributed by atoms with Crippen LogP contribution in [0.25, 0.3) is 0 Å². The number of fused-ring (bicyclic) bond motifs is 1. The van der Waals surface area contributed by atoms with E-state index in [0.29, 0.717) is 18.2 Å². The van der Waals surface area contributed by atoms with Gasteiger partial charge in [0.1, 0.15) is 5.41 Å². The van der Waals surface area contributed by atoms with E-state index < -0.39 is 5.41 Å². The van der Waals surface area contributed by atoms with Gasteiger partial charge in [0.05, 0.1) is 0 Å². The largest absolute Gasteiger partial charge is 0.325 e. The van der Waals surface area contributed by atoms with Gasteiger partial charge in [-0.15, -0.1) is 0 Å². The lowest BCUT2D eigenvalue weighted by Crippen LogP contribution is -2.47. The van der Waals surface area contributed by atoms with Crippen molar-refractivity contribution in [3.05, 3.63) is 59.7 Å². The van der Waals surface area contributed by atoms with Gasteiger partial charge in [0.25, 0.3) is 0 Å². The van der Waals surface area contributed by atoms with Crippen LogP contribution in [0, 0.1) is 5.41 Å². The van der Waals surface area contributed by atoms with Crippen LogP contribution in [0.2, 0.25) is 0 Å². The SMILES string of the molecule is CC(C)c1ccc(NC(=O)C(C)(C)C(=O)N2CCc3ccccc32)cc1. The summed E-state index contributed by atoms with van der Waals surface area (Å²) >= 11 is 0. The Kier molecular flexibility index (Phi) is 4.86. The van der Waals surface area contributed by atoms with E-state index in [0.717, 1.165) is 17.7 Å². The number of anilines is 2. The van der Waals surface area contributed by atoms with Crippen LogP contribution in [0.15, 0.2) is 48.5 Å². The lowest BCUT2D eigenvalue weighted by molar-refractivity contribution is -0.136. The van der Waals surface area contributed by atoms with Gasteiger partial charge in [0.2, 0.25) is 11.8 Å². The molecule has 0 saturated heterocycles. The highest BCUT2D eigenvalue weighted by atomic mass is 16.2. The molecule has 1 aliphatic rings. The fraction of sp³-hybridized carbons (Fsp3) is 0.364. The van der Waals surface area contributed by atoms with Crippen LogP contribution < -0.4 is 10.2 Å². The molecule has 0 bridgehead atoms. The summed E-state index contributed by atoms with van der Waals surface area (Å²) in [5.41, 5.74) is 2.85. The van der Waals surface area contributed by atoms with Crippen molar-refractivity contribution in [1.82, 2.24) is 0 Å². The first kappa shape index (κ1) is 18.2. The Morgan fingerprint density at radius 1 is 1.04 bits per heavy atom. The Balaban J connectivity index is 1.75. The van der Waals surface area contributed by atoms with Crippen LogP contribution in [0.5, 0.6) is 0 Å². The highest BCUT2D eigenvalue weighted by Crippen LogP contribution is 2.32. The maximum atomic E-state index is 13.1. The van der Waals surface area contributed by atoms with Crippen molar-refractivity contribution in [3.63, 3.8) is 0 Å². The standard InChI is InChI=1S/C22H26N2O2/c1-15(2)16-9-11-18(12-10-16)23-20(25)22(3,4)21(26)24-14-13-17-7-5-6-8-19(17)24/h5-12,15H,13-14H2,1-4H3,(H,23,25). The summed E-state index contributed by atoms with van der Waals surface area (Å²) in [6.07, 6.45) is 0.830. The van der Waals surface area contributed by atoms with Gasteiger partial charge in [0, 0.05) is 17.9 Å². The summed E-state index contributed by atoms with van der Waals surface area (Å²) in [6, 6.07) is 15.7. The maximum Gasteiger partial charge on any atom is 0.242 e. The Bertz CT molecular complexity index is 822. The van der Waals surface area contributed by atoms with Gasteiger partial charge >= 0.3 is 0 Å². The second-order valence-corrected chi connectivity index (χ2v) is 7.69. The average Bonchev–Trinajstić information content (AvgIpc) is 3.05. The predicted molar refractivity (Wildman–Crippen MR) is 105 cm³/mol. The molecule has 0 saturated carbocycles. The number of nitrogens with one attached hydrogen (secondary N) is 1. The summed E-state index contributed by atoms with van der Waals surface area (Å²) in [5, 5.41) is 2.89. The van der Waals surface area contributed by atoms with Gasteiger partial charge in [-0.2, -0.15) is 0 Å². The van der Waals surface area contributed by atoms with Crippen molar-refractivity contribution >= 4 is 23.2 Å². The van der Waals surface area contributed by atoms with Gasteiger partial charge in [-0.05, 0) is 55.5 Å². The topological polar surface area (TPSA) is 49.4 Å². The lowest BCUT2D eigenvalue weighted by Gasteiger charge is -2.28. The molecule has 0 aliphatic carbocycles. The number of benzene rings is 2. The second-order valence-electron chi connectivity index (χ2n) is 7.69. The smallest absolute Gasteiger partial charge is 0.242 e. The zero-order chi connectivity index (χ0) is 18.9. The van der Waals surface area contributed by atoms with E-state index >= 15 is 0 Å². The molecule has 136 valence electrons. The zero-order valence-corrected chi connectivity index (χ0v) is 15.9. The number of hydrogen-bond acceptors (Lipinski definition) is 2. The summed E-state index contributed by atoms with van der Waals surface area (Å²) in [6.45, 7) is 8.26. The molecule has 0 unspecified atom stereocenters. The first-order chi connectivity index (χ1) is 12.3. The van der Waals surface area contributed by atoms with Gasteiger partial charge in [0.15, 0.2) is 0 Å². The van der Waals surface area contributed by atoms with Gasteiger partial charge in [-0.3, -0.25) is 9.59 Å². The molecule has 0 fully saturated rings. The van der Waals surface area contributed by atoms with Crippen molar-refractivity contribution < 1.29 is 9.59 Å². The molecule has 1 N–H and O–H groups in total. The monoisotopic (exact) mass is 350 g/mol. The minimum absolute atomic E-state index is 0.168. The van der Waals surface area contributed by atoms with Gasteiger partial charge in [-0.25, -0.2) is 0 Å². The minimum Gasteiger partial charge on any atom is -0.325 e. The molecule has 2 aromatic carbocycles. The second kappa shape index (κ2) is 6.94. The molecule has 2 aromatic rings. The molecule has 1 aliphatic heterocycles. The number of nitrogens with zero attached hydrogens (tertiary/aromatic N) is 1. The van der Waals surface area contributed by atoms with Gasteiger partial charge < -0.3 is 10.2 Å². The van der Waals surface area contributed by atoms with Crippen molar-refractivity contribution in [3.8, 4) is 0 Å². The lowest BCUT2D eigenvalue weighted by atomic mass is 9.90. The van der Waals surface area contributed by atoms with E-state index in [4.69, 9.17) is 0 Å². The molecular weight excluding hydrogens is 324 g/mol. The zero-order valence-electron chi connectivity index (χ0n) is 15.9. The van der Waals surface area contributed by atoms with Gasteiger partial charge in [-0.1, -0.05) is 44.2 Å².